The topological polar surface area (TPSA) is 61.4 Å². The van der Waals surface area contributed by atoms with Gasteiger partial charge in [0, 0.05) is 5.92 Å². The van der Waals surface area contributed by atoms with Crippen LogP contribution in [0.25, 0.3) is 0 Å². The fourth-order valence-corrected chi connectivity index (χ4v) is 3.42. The summed E-state index contributed by atoms with van der Waals surface area (Å²) in [5.41, 5.74) is 0.671. The summed E-state index contributed by atoms with van der Waals surface area (Å²) in [4.78, 5) is 8.45. The minimum absolute atomic E-state index is 0.290. The molecule has 27 heavy (non-hydrogen) atoms. The summed E-state index contributed by atoms with van der Waals surface area (Å²) in [6.07, 6.45) is 0.242. The maximum absolute atomic E-state index is 13.1. The molecule has 1 saturated carbocycles. The maximum Gasteiger partial charge on any atom is 0.408 e. The molecular weight excluding hydrogens is 357 g/mol. The van der Waals surface area contributed by atoms with Crippen LogP contribution in [0.4, 0.5) is 13.2 Å². The van der Waals surface area contributed by atoms with Crippen molar-refractivity contribution in [2.75, 3.05) is 0 Å². The lowest BCUT2D eigenvalue weighted by atomic mass is 9.95. The zero-order valence-corrected chi connectivity index (χ0v) is 14.8. The third-order valence-corrected chi connectivity index (χ3v) is 4.90. The van der Waals surface area contributed by atoms with E-state index in [0.29, 0.717) is 18.2 Å². The molecular formula is C18H19F3N6. The highest BCUT2D eigenvalue weighted by Gasteiger charge is 2.50. The fourth-order valence-electron chi connectivity index (χ4n) is 3.42. The molecule has 142 valence electrons. The van der Waals surface area contributed by atoms with Crippen molar-refractivity contribution in [2.24, 2.45) is 0 Å². The average molecular weight is 376 g/mol. The van der Waals surface area contributed by atoms with Crippen LogP contribution in [0.5, 0.6) is 0 Å². The molecule has 9 heteroatoms. The van der Waals surface area contributed by atoms with Crippen LogP contribution >= 0.6 is 0 Å². The van der Waals surface area contributed by atoms with Gasteiger partial charge in [-0.2, -0.15) is 23.4 Å². The summed E-state index contributed by atoms with van der Waals surface area (Å²) >= 11 is 0. The first-order chi connectivity index (χ1) is 12.9. The van der Waals surface area contributed by atoms with Crippen molar-refractivity contribution in [2.45, 2.75) is 50.4 Å². The summed E-state index contributed by atoms with van der Waals surface area (Å²) < 4.78 is 41.9. The monoisotopic (exact) mass is 376 g/mol. The van der Waals surface area contributed by atoms with Crippen molar-refractivity contribution >= 4 is 0 Å². The van der Waals surface area contributed by atoms with E-state index in [4.69, 9.17) is 0 Å². The SMILES string of the molecule is CC(Cn1cncn1)c1nc(C2(c3ccccc3)CC2)nn1CC(F)(F)F. The van der Waals surface area contributed by atoms with Crippen LogP contribution in [-0.4, -0.2) is 35.7 Å². The van der Waals surface area contributed by atoms with Crippen LogP contribution < -0.4 is 0 Å². The van der Waals surface area contributed by atoms with E-state index < -0.39 is 12.7 Å². The second-order valence-corrected chi connectivity index (χ2v) is 7.03. The molecule has 1 atom stereocenters. The van der Waals surface area contributed by atoms with Crippen molar-refractivity contribution in [1.82, 2.24) is 29.5 Å². The minimum Gasteiger partial charge on any atom is -0.252 e. The fraction of sp³-hybridized carbons (Fsp3) is 0.444. The molecule has 1 aromatic carbocycles. The molecule has 2 heterocycles. The van der Waals surface area contributed by atoms with Crippen LogP contribution in [0.3, 0.4) is 0 Å². The van der Waals surface area contributed by atoms with Gasteiger partial charge in [0.2, 0.25) is 0 Å². The Kier molecular flexibility index (Phi) is 4.24. The van der Waals surface area contributed by atoms with E-state index in [9.17, 15) is 13.2 Å². The molecule has 4 rings (SSSR count). The Labute approximate surface area is 154 Å². The van der Waals surface area contributed by atoms with Crippen molar-refractivity contribution < 1.29 is 13.2 Å². The molecule has 0 N–H and O–H groups in total. The van der Waals surface area contributed by atoms with Gasteiger partial charge in [0.05, 0.1) is 12.0 Å². The van der Waals surface area contributed by atoms with Gasteiger partial charge >= 0.3 is 6.18 Å². The second kappa shape index (κ2) is 6.47. The van der Waals surface area contributed by atoms with Crippen molar-refractivity contribution in [3.63, 3.8) is 0 Å². The van der Waals surface area contributed by atoms with E-state index in [1.165, 1.54) is 12.7 Å². The third kappa shape index (κ3) is 3.58. The van der Waals surface area contributed by atoms with Gasteiger partial charge in [-0.15, -0.1) is 0 Å². The Morgan fingerprint density at radius 1 is 1.19 bits per heavy atom. The van der Waals surface area contributed by atoms with E-state index in [1.54, 1.807) is 4.68 Å². The highest BCUT2D eigenvalue weighted by atomic mass is 19.4. The number of hydrogen-bond donors (Lipinski definition) is 0. The molecule has 0 spiro atoms. The zero-order valence-electron chi connectivity index (χ0n) is 14.8. The lowest BCUT2D eigenvalue weighted by Gasteiger charge is -2.13. The van der Waals surface area contributed by atoms with Crippen molar-refractivity contribution in [3.05, 3.63) is 60.2 Å². The summed E-state index contributed by atoms with van der Waals surface area (Å²) in [6, 6.07) is 9.74. The maximum atomic E-state index is 13.1. The quantitative estimate of drug-likeness (QED) is 0.662. The summed E-state index contributed by atoms with van der Waals surface area (Å²) in [7, 11) is 0. The number of benzene rings is 1. The van der Waals surface area contributed by atoms with Gasteiger partial charge in [-0.1, -0.05) is 37.3 Å². The molecule has 6 nitrogen and oxygen atoms in total. The highest BCUT2D eigenvalue weighted by Crippen LogP contribution is 2.52. The molecule has 1 aliphatic rings. The van der Waals surface area contributed by atoms with E-state index in [-0.39, 0.29) is 11.3 Å². The summed E-state index contributed by atoms with van der Waals surface area (Å²) in [6.45, 7) is 1.06. The van der Waals surface area contributed by atoms with Crippen molar-refractivity contribution in [3.8, 4) is 0 Å². The Hall–Kier alpha value is -2.71. The summed E-state index contributed by atoms with van der Waals surface area (Å²) in [5.74, 6) is 0.500. The predicted molar refractivity (Wildman–Crippen MR) is 91.0 cm³/mol. The van der Waals surface area contributed by atoms with E-state index in [1.807, 2.05) is 37.3 Å². The number of nitrogens with zero attached hydrogens (tertiary/aromatic N) is 6. The molecule has 2 aromatic heterocycles. The van der Waals surface area contributed by atoms with Gasteiger partial charge in [-0.05, 0) is 18.4 Å². The second-order valence-electron chi connectivity index (χ2n) is 7.03. The van der Waals surface area contributed by atoms with Crippen LogP contribution in [0, 0.1) is 0 Å². The first-order valence-electron chi connectivity index (χ1n) is 8.77. The van der Waals surface area contributed by atoms with E-state index in [2.05, 4.69) is 20.2 Å². The third-order valence-electron chi connectivity index (χ3n) is 4.90. The molecule has 3 aromatic rings. The Bertz CT molecular complexity index is 897. The largest absolute Gasteiger partial charge is 0.408 e. The van der Waals surface area contributed by atoms with Gasteiger partial charge in [0.1, 0.15) is 25.0 Å². The molecule has 0 radical (unpaired) electrons. The molecule has 0 aliphatic heterocycles. The van der Waals surface area contributed by atoms with Gasteiger partial charge < -0.3 is 0 Å². The normalized spacial score (nSPS) is 17.0. The number of rotatable bonds is 6. The molecule has 1 fully saturated rings. The Morgan fingerprint density at radius 3 is 2.52 bits per heavy atom. The average Bonchev–Trinajstić information content (AvgIpc) is 3.07. The molecule has 1 aliphatic carbocycles. The highest BCUT2D eigenvalue weighted by molar-refractivity contribution is 5.39. The smallest absolute Gasteiger partial charge is 0.252 e. The van der Waals surface area contributed by atoms with Crippen LogP contribution in [0.2, 0.25) is 0 Å². The van der Waals surface area contributed by atoms with E-state index in [0.717, 1.165) is 23.1 Å². The molecule has 0 saturated heterocycles. The van der Waals surface area contributed by atoms with Gasteiger partial charge in [-0.25, -0.2) is 14.6 Å². The molecule has 0 bridgehead atoms. The Balaban J connectivity index is 1.70. The number of alkyl halides is 3. The minimum atomic E-state index is -4.36. The first kappa shape index (κ1) is 17.7. The number of hydrogen-bond acceptors (Lipinski definition) is 4. The lowest BCUT2D eigenvalue weighted by Crippen LogP contribution is -2.22. The van der Waals surface area contributed by atoms with E-state index >= 15 is 0 Å². The van der Waals surface area contributed by atoms with Crippen LogP contribution in [0.15, 0.2) is 43.0 Å². The zero-order chi connectivity index (χ0) is 19.1. The Morgan fingerprint density at radius 2 is 1.93 bits per heavy atom. The predicted octanol–water partition coefficient (Wildman–Crippen LogP) is 3.32. The molecule has 1 unspecified atom stereocenters. The van der Waals surface area contributed by atoms with Gasteiger partial charge in [-0.3, -0.25) is 4.68 Å². The van der Waals surface area contributed by atoms with Crippen LogP contribution in [0.1, 0.15) is 42.9 Å². The van der Waals surface area contributed by atoms with Crippen molar-refractivity contribution in [1.29, 1.82) is 0 Å². The van der Waals surface area contributed by atoms with Gasteiger partial charge in [0.25, 0.3) is 0 Å². The van der Waals surface area contributed by atoms with Gasteiger partial charge in [0.15, 0.2) is 5.82 Å². The standard InChI is InChI=1S/C18H19F3N6/c1-13(9-26-12-22-11-23-26)15-24-16(25-27(15)10-18(19,20)21)17(7-8-17)14-5-3-2-4-6-14/h2-6,11-13H,7-10H2,1H3. The first-order valence-corrected chi connectivity index (χ1v) is 8.77. The summed E-state index contributed by atoms with van der Waals surface area (Å²) in [5, 5.41) is 8.32. The molecule has 0 amide bonds. The number of halogens is 3. The number of aromatic nitrogens is 6. The van der Waals surface area contributed by atoms with Crippen LogP contribution in [-0.2, 0) is 18.5 Å². The lowest BCUT2D eigenvalue weighted by molar-refractivity contribution is -0.143.